The Morgan fingerprint density at radius 1 is 0.655 bits per heavy atom. The summed E-state index contributed by atoms with van der Waals surface area (Å²) in [5.74, 6) is -4.59. The average molecular weight is 446 g/mol. The number of rotatable bonds is 6. The summed E-state index contributed by atoms with van der Waals surface area (Å²) in [4.78, 5) is 0. The SMILES string of the molecule is O=S(=O)(Cc1cccc(F)c1CC(F)(F)F)Cc1cccc(F)c1CC(F)(F)F. The molecule has 2 aromatic carbocycles. The number of hydrogen-bond acceptors (Lipinski definition) is 2. The molecule has 0 radical (unpaired) electrons. The molecule has 0 aliphatic heterocycles. The fourth-order valence-electron chi connectivity index (χ4n) is 2.80. The molecule has 0 amide bonds. The molecule has 2 nitrogen and oxygen atoms in total. The predicted molar refractivity (Wildman–Crippen MR) is 88.6 cm³/mol. The molecule has 2 rings (SSSR count). The van der Waals surface area contributed by atoms with E-state index in [2.05, 4.69) is 0 Å². The van der Waals surface area contributed by atoms with E-state index in [-0.39, 0.29) is 0 Å². The van der Waals surface area contributed by atoms with E-state index in [1.165, 1.54) is 0 Å². The van der Waals surface area contributed by atoms with Gasteiger partial charge in [0.1, 0.15) is 11.6 Å². The van der Waals surface area contributed by atoms with Crippen LogP contribution in [0.3, 0.4) is 0 Å². The highest BCUT2D eigenvalue weighted by Gasteiger charge is 2.33. The van der Waals surface area contributed by atoms with Gasteiger partial charge in [0.05, 0.1) is 24.3 Å². The van der Waals surface area contributed by atoms with Gasteiger partial charge in [0, 0.05) is 11.1 Å². The lowest BCUT2D eigenvalue weighted by molar-refractivity contribution is -0.128. The van der Waals surface area contributed by atoms with E-state index in [1.54, 1.807) is 0 Å². The molecular formula is C18H14F8O2S. The van der Waals surface area contributed by atoms with Crippen LogP contribution >= 0.6 is 0 Å². The second kappa shape index (κ2) is 8.29. The maximum absolute atomic E-state index is 13.8. The molecule has 0 aliphatic rings. The molecule has 0 bridgehead atoms. The van der Waals surface area contributed by atoms with Crippen molar-refractivity contribution < 1.29 is 43.5 Å². The van der Waals surface area contributed by atoms with Gasteiger partial charge in [-0.1, -0.05) is 24.3 Å². The fraction of sp³-hybridized carbons (Fsp3) is 0.333. The number of sulfone groups is 1. The van der Waals surface area contributed by atoms with E-state index in [0.29, 0.717) is 0 Å². The smallest absolute Gasteiger partial charge is 0.228 e. The van der Waals surface area contributed by atoms with Gasteiger partial charge < -0.3 is 0 Å². The van der Waals surface area contributed by atoms with Crippen molar-refractivity contribution in [1.29, 1.82) is 0 Å². The van der Waals surface area contributed by atoms with E-state index in [0.717, 1.165) is 36.4 Å². The molecule has 29 heavy (non-hydrogen) atoms. The Hall–Kier alpha value is -2.17. The number of halogens is 8. The quantitative estimate of drug-likeness (QED) is 0.566. The third kappa shape index (κ3) is 6.98. The molecule has 0 saturated heterocycles. The molecule has 0 unspecified atom stereocenters. The van der Waals surface area contributed by atoms with Gasteiger partial charge >= 0.3 is 12.4 Å². The maximum atomic E-state index is 13.8. The minimum absolute atomic E-state index is 0.462. The normalized spacial score (nSPS) is 13.0. The highest BCUT2D eigenvalue weighted by molar-refractivity contribution is 7.89. The highest BCUT2D eigenvalue weighted by Crippen LogP contribution is 2.29. The number of alkyl halides is 6. The van der Waals surface area contributed by atoms with Gasteiger partial charge in [-0.3, -0.25) is 0 Å². The predicted octanol–water partition coefficient (Wildman–Crippen LogP) is 5.29. The van der Waals surface area contributed by atoms with E-state index >= 15 is 0 Å². The summed E-state index contributed by atoms with van der Waals surface area (Å²) in [5.41, 5.74) is -2.65. The average Bonchev–Trinajstić information content (AvgIpc) is 2.51. The summed E-state index contributed by atoms with van der Waals surface area (Å²) in [6, 6.07) is 5.51. The zero-order valence-corrected chi connectivity index (χ0v) is 15.4. The van der Waals surface area contributed by atoms with Crippen molar-refractivity contribution in [2.75, 3.05) is 0 Å². The van der Waals surface area contributed by atoms with Gasteiger partial charge in [0.2, 0.25) is 0 Å². The standard InChI is InChI=1S/C18H14F8O2S/c19-15-5-1-3-11(13(15)7-17(21,22)23)9-29(27,28)10-12-4-2-6-16(20)14(12)8-18(24,25)26/h1-6H,7-10H2. The van der Waals surface area contributed by atoms with Crippen LogP contribution in [0.1, 0.15) is 22.3 Å². The van der Waals surface area contributed by atoms with Crippen LogP contribution in [0.4, 0.5) is 35.1 Å². The van der Waals surface area contributed by atoms with Gasteiger partial charge in [0.25, 0.3) is 0 Å². The first-order valence-corrected chi connectivity index (χ1v) is 9.85. The molecule has 160 valence electrons. The Morgan fingerprint density at radius 3 is 1.31 bits per heavy atom. The zero-order valence-electron chi connectivity index (χ0n) is 14.5. The van der Waals surface area contributed by atoms with Gasteiger partial charge in [-0.15, -0.1) is 0 Å². The molecule has 0 spiro atoms. The van der Waals surface area contributed by atoms with Gasteiger partial charge in [0.15, 0.2) is 9.84 Å². The second-order valence-corrected chi connectivity index (χ2v) is 8.44. The van der Waals surface area contributed by atoms with Gasteiger partial charge in [-0.25, -0.2) is 17.2 Å². The van der Waals surface area contributed by atoms with Crippen molar-refractivity contribution >= 4 is 9.84 Å². The summed E-state index contributed by atoms with van der Waals surface area (Å²) in [6.07, 6.45) is -13.0. The molecule has 0 N–H and O–H groups in total. The Bertz CT molecular complexity index is 905. The molecule has 0 atom stereocenters. The second-order valence-electron chi connectivity index (χ2n) is 6.37. The maximum Gasteiger partial charge on any atom is 0.393 e. The van der Waals surface area contributed by atoms with Crippen LogP contribution in [-0.2, 0) is 34.2 Å². The summed E-state index contributed by atoms with van der Waals surface area (Å²) >= 11 is 0. The van der Waals surface area contributed by atoms with E-state index in [1.807, 2.05) is 0 Å². The number of benzene rings is 2. The van der Waals surface area contributed by atoms with Crippen LogP contribution in [0.2, 0.25) is 0 Å². The minimum atomic E-state index is -4.80. The zero-order chi connectivity index (χ0) is 22.0. The van der Waals surface area contributed by atoms with Crippen LogP contribution in [0.15, 0.2) is 36.4 Å². The molecule has 2 aromatic rings. The summed E-state index contributed by atoms with van der Waals surface area (Å²) in [5, 5.41) is 0. The van der Waals surface area contributed by atoms with Crippen molar-refractivity contribution in [1.82, 2.24) is 0 Å². The minimum Gasteiger partial charge on any atom is -0.228 e. The molecule has 0 fully saturated rings. The molecule has 11 heteroatoms. The van der Waals surface area contributed by atoms with Crippen molar-refractivity contribution in [2.45, 2.75) is 36.7 Å². The Labute approximate surface area is 161 Å². The summed E-state index contributed by atoms with van der Waals surface area (Å²) in [7, 11) is -4.35. The lowest BCUT2D eigenvalue weighted by atomic mass is 10.0. The van der Waals surface area contributed by atoms with Crippen LogP contribution in [-0.4, -0.2) is 20.8 Å². The van der Waals surface area contributed by atoms with E-state index in [4.69, 9.17) is 0 Å². The monoisotopic (exact) mass is 446 g/mol. The lowest BCUT2D eigenvalue weighted by Gasteiger charge is -2.15. The molecular weight excluding hydrogens is 432 g/mol. The number of hydrogen-bond donors (Lipinski definition) is 0. The molecule has 0 aromatic heterocycles. The van der Waals surface area contributed by atoms with E-state index < -0.39 is 80.4 Å². The van der Waals surface area contributed by atoms with Crippen molar-refractivity contribution in [3.05, 3.63) is 70.3 Å². The van der Waals surface area contributed by atoms with E-state index in [9.17, 15) is 43.5 Å². The largest absolute Gasteiger partial charge is 0.393 e. The van der Waals surface area contributed by atoms with Crippen molar-refractivity contribution in [3.63, 3.8) is 0 Å². The molecule has 0 aliphatic carbocycles. The first-order chi connectivity index (χ1) is 13.2. The highest BCUT2D eigenvalue weighted by atomic mass is 32.2. The van der Waals surface area contributed by atoms with Crippen molar-refractivity contribution in [3.8, 4) is 0 Å². The fourth-order valence-corrected chi connectivity index (χ4v) is 4.39. The Morgan fingerprint density at radius 2 is 1.00 bits per heavy atom. The third-order valence-corrected chi connectivity index (χ3v) is 5.44. The van der Waals surface area contributed by atoms with Gasteiger partial charge in [-0.05, 0) is 23.3 Å². The molecule has 0 heterocycles. The van der Waals surface area contributed by atoms with Gasteiger partial charge in [-0.2, -0.15) is 26.3 Å². The van der Waals surface area contributed by atoms with Crippen LogP contribution in [0.25, 0.3) is 0 Å². The Kier molecular flexibility index (Phi) is 6.61. The van der Waals surface area contributed by atoms with Crippen LogP contribution in [0.5, 0.6) is 0 Å². The first kappa shape index (κ1) is 23.1. The van der Waals surface area contributed by atoms with Crippen LogP contribution < -0.4 is 0 Å². The van der Waals surface area contributed by atoms with Crippen LogP contribution in [0, 0.1) is 11.6 Å². The third-order valence-electron chi connectivity index (χ3n) is 3.94. The molecule has 0 saturated carbocycles. The Balaban J connectivity index is 2.36. The summed E-state index contributed by atoms with van der Waals surface area (Å²) < 4.78 is 129. The van der Waals surface area contributed by atoms with Crippen molar-refractivity contribution in [2.24, 2.45) is 0 Å². The topological polar surface area (TPSA) is 34.1 Å². The summed E-state index contributed by atoms with van der Waals surface area (Å²) in [6.45, 7) is 0. The first-order valence-electron chi connectivity index (χ1n) is 8.03. The lowest BCUT2D eigenvalue weighted by Crippen LogP contribution is -2.18.